The monoisotopic (exact) mass is 339 g/mol. The lowest BCUT2D eigenvalue weighted by Gasteiger charge is -2.34. The number of aryl methyl sites for hydroxylation is 4. The first kappa shape index (κ1) is 16.2. The van der Waals surface area contributed by atoms with Crippen molar-refractivity contribution < 1.29 is 4.74 Å². The maximum atomic E-state index is 6.13. The van der Waals surface area contributed by atoms with E-state index in [1.165, 1.54) is 17.7 Å². The summed E-state index contributed by atoms with van der Waals surface area (Å²) in [7, 11) is 0. The number of aromatic nitrogens is 4. The largest absolute Gasteiger partial charge is 0.473 e. The predicted molar refractivity (Wildman–Crippen MR) is 96.2 cm³/mol. The van der Waals surface area contributed by atoms with Crippen molar-refractivity contribution in [2.45, 2.75) is 59.0 Å². The molecule has 1 aliphatic heterocycles. The molecule has 0 aromatic carbocycles. The number of hydrogen-bond acceptors (Lipinski definition) is 6. The van der Waals surface area contributed by atoms with Crippen LogP contribution in [0.5, 0.6) is 5.88 Å². The Morgan fingerprint density at radius 2 is 1.84 bits per heavy atom. The Bertz CT molecular complexity index is 784. The van der Waals surface area contributed by atoms with Crippen LogP contribution in [0.25, 0.3) is 0 Å². The van der Waals surface area contributed by atoms with E-state index in [0.717, 1.165) is 61.8 Å². The van der Waals surface area contributed by atoms with E-state index in [0.29, 0.717) is 5.88 Å². The van der Waals surface area contributed by atoms with Gasteiger partial charge in [0.25, 0.3) is 0 Å². The molecule has 1 aliphatic carbocycles. The molecular weight excluding hydrogens is 314 g/mol. The second-order valence-corrected chi connectivity index (χ2v) is 7.08. The first-order chi connectivity index (χ1) is 12.1. The van der Waals surface area contributed by atoms with Gasteiger partial charge in [0.1, 0.15) is 17.7 Å². The lowest BCUT2D eigenvalue weighted by Crippen LogP contribution is -2.39. The fourth-order valence-electron chi connectivity index (χ4n) is 3.77. The van der Waals surface area contributed by atoms with Crippen LogP contribution < -0.4 is 9.64 Å². The average Bonchev–Trinajstić information content (AvgIpc) is 3.06. The Hall–Kier alpha value is -2.24. The normalized spacial score (nSPS) is 17.6. The zero-order chi connectivity index (χ0) is 17.4. The minimum Gasteiger partial charge on any atom is -0.473 e. The van der Waals surface area contributed by atoms with Crippen LogP contribution in [-0.2, 0) is 12.8 Å². The molecule has 2 aromatic rings. The Morgan fingerprint density at radius 1 is 1.04 bits per heavy atom. The third-order valence-electron chi connectivity index (χ3n) is 5.08. The van der Waals surface area contributed by atoms with Crippen molar-refractivity contribution in [3.05, 3.63) is 34.7 Å². The topological polar surface area (TPSA) is 64.0 Å². The average molecular weight is 339 g/mol. The zero-order valence-corrected chi connectivity index (χ0v) is 15.2. The Kier molecular flexibility index (Phi) is 4.27. The highest BCUT2D eigenvalue weighted by Crippen LogP contribution is 2.31. The van der Waals surface area contributed by atoms with Gasteiger partial charge in [-0.05, 0) is 40.0 Å². The fourth-order valence-corrected chi connectivity index (χ4v) is 3.77. The summed E-state index contributed by atoms with van der Waals surface area (Å²) in [5, 5.41) is 0. The Balaban J connectivity index is 1.45. The van der Waals surface area contributed by atoms with Gasteiger partial charge in [-0.3, -0.25) is 4.98 Å². The van der Waals surface area contributed by atoms with Crippen LogP contribution in [0.3, 0.4) is 0 Å². The molecule has 1 fully saturated rings. The highest BCUT2D eigenvalue weighted by molar-refractivity contribution is 5.51. The van der Waals surface area contributed by atoms with Crippen molar-refractivity contribution in [3.8, 4) is 5.88 Å². The second kappa shape index (κ2) is 6.58. The highest BCUT2D eigenvalue weighted by atomic mass is 16.5. The summed E-state index contributed by atoms with van der Waals surface area (Å²) < 4.78 is 6.13. The third kappa shape index (κ3) is 3.30. The van der Waals surface area contributed by atoms with E-state index in [2.05, 4.69) is 19.9 Å². The van der Waals surface area contributed by atoms with Crippen LogP contribution in [0.15, 0.2) is 6.20 Å². The van der Waals surface area contributed by atoms with Gasteiger partial charge in [-0.2, -0.15) is 0 Å². The standard InChI is InChI=1S/C19H25N5O/c1-12-11-20-13(2)19(21-12)25-15-7-9-24(10-8-15)18-16-5-4-6-17(16)22-14(3)23-18/h11,15H,4-10H2,1-3H3. The van der Waals surface area contributed by atoms with Gasteiger partial charge in [0.15, 0.2) is 0 Å². The minimum atomic E-state index is 0.196. The summed E-state index contributed by atoms with van der Waals surface area (Å²) in [6.07, 6.45) is 7.34. The number of hydrogen-bond donors (Lipinski definition) is 0. The van der Waals surface area contributed by atoms with E-state index in [-0.39, 0.29) is 6.10 Å². The van der Waals surface area contributed by atoms with Crippen molar-refractivity contribution in [2.75, 3.05) is 18.0 Å². The molecule has 25 heavy (non-hydrogen) atoms. The molecular formula is C19H25N5O. The van der Waals surface area contributed by atoms with Crippen LogP contribution in [0.1, 0.15) is 47.7 Å². The summed E-state index contributed by atoms with van der Waals surface area (Å²) in [6.45, 7) is 7.82. The molecule has 132 valence electrons. The van der Waals surface area contributed by atoms with E-state index in [1.807, 2.05) is 20.8 Å². The van der Waals surface area contributed by atoms with Crippen molar-refractivity contribution in [1.82, 2.24) is 19.9 Å². The van der Waals surface area contributed by atoms with Crippen LogP contribution >= 0.6 is 0 Å². The van der Waals surface area contributed by atoms with E-state index in [9.17, 15) is 0 Å². The molecule has 2 aliphatic rings. The molecule has 0 saturated carbocycles. The lowest BCUT2D eigenvalue weighted by atomic mass is 10.1. The van der Waals surface area contributed by atoms with Gasteiger partial charge in [0, 0.05) is 43.4 Å². The van der Waals surface area contributed by atoms with E-state index < -0.39 is 0 Å². The lowest BCUT2D eigenvalue weighted by molar-refractivity contribution is 0.161. The Labute approximate surface area is 148 Å². The van der Waals surface area contributed by atoms with Crippen LogP contribution in [0.2, 0.25) is 0 Å². The predicted octanol–water partition coefficient (Wildman–Crippen LogP) is 2.73. The van der Waals surface area contributed by atoms with Gasteiger partial charge in [-0.15, -0.1) is 0 Å². The Morgan fingerprint density at radius 3 is 2.64 bits per heavy atom. The number of nitrogens with zero attached hydrogens (tertiary/aromatic N) is 5. The molecule has 4 rings (SSSR count). The van der Waals surface area contributed by atoms with Crippen molar-refractivity contribution in [3.63, 3.8) is 0 Å². The SMILES string of the molecule is Cc1cnc(C)c(OC2CCN(c3nc(C)nc4c3CCC4)CC2)n1. The summed E-state index contributed by atoms with van der Waals surface area (Å²) in [4.78, 5) is 20.6. The molecule has 6 heteroatoms. The molecule has 2 aromatic heterocycles. The number of anilines is 1. The molecule has 0 N–H and O–H groups in total. The van der Waals surface area contributed by atoms with E-state index >= 15 is 0 Å². The number of rotatable bonds is 3. The van der Waals surface area contributed by atoms with Gasteiger partial charge >= 0.3 is 0 Å². The van der Waals surface area contributed by atoms with E-state index in [4.69, 9.17) is 9.72 Å². The molecule has 0 bridgehead atoms. The van der Waals surface area contributed by atoms with Crippen LogP contribution in [0.4, 0.5) is 5.82 Å². The van der Waals surface area contributed by atoms with Crippen LogP contribution in [-0.4, -0.2) is 39.1 Å². The van der Waals surface area contributed by atoms with Gasteiger partial charge in [0.05, 0.1) is 11.4 Å². The first-order valence-electron chi connectivity index (χ1n) is 9.18. The minimum absolute atomic E-state index is 0.196. The highest BCUT2D eigenvalue weighted by Gasteiger charge is 2.27. The fraction of sp³-hybridized carbons (Fsp3) is 0.579. The number of ether oxygens (including phenoxy) is 1. The third-order valence-corrected chi connectivity index (χ3v) is 5.08. The van der Waals surface area contributed by atoms with Gasteiger partial charge in [-0.25, -0.2) is 15.0 Å². The smallest absolute Gasteiger partial charge is 0.235 e. The summed E-state index contributed by atoms with van der Waals surface area (Å²) in [6, 6.07) is 0. The molecule has 0 atom stereocenters. The molecule has 0 radical (unpaired) electrons. The maximum Gasteiger partial charge on any atom is 0.235 e. The van der Waals surface area contributed by atoms with Crippen molar-refractivity contribution in [1.29, 1.82) is 0 Å². The summed E-state index contributed by atoms with van der Waals surface area (Å²) in [5.41, 5.74) is 4.37. The second-order valence-electron chi connectivity index (χ2n) is 7.08. The quantitative estimate of drug-likeness (QED) is 0.857. The summed E-state index contributed by atoms with van der Waals surface area (Å²) >= 11 is 0. The van der Waals surface area contributed by atoms with Gasteiger partial charge in [0.2, 0.25) is 5.88 Å². The number of piperidine rings is 1. The summed E-state index contributed by atoms with van der Waals surface area (Å²) in [5.74, 6) is 2.72. The van der Waals surface area contributed by atoms with Crippen LogP contribution in [0, 0.1) is 20.8 Å². The molecule has 3 heterocycles. The van der Waals surface area contributed by atoms with Gasteiger partial charge in [-0.1, -0.05) is 0 Å². The first-order valence-corrected chi connectivity index (χ1v) is 9.18. The molecule has 6 nitrogen and oxygen atoms in total. The van der Waals surface area contributed by atoms with E-state index in [1.54, 1.807) is 6.20 Å². The molecule has 0 unspecified atom stereocenters. The van der Waals surface area contributed by atoms with Crippen molar-refractivity contribution in [2.24, 2.45) is 0 Å². The molecule has 0 amide bonds. The number of fused-ring (bicyclic) bond motifs is 1. The zero-order valence-electron chi connectivity index (χ0n) is 15.2. The maximum absolute atomic E-state index is 6.13. The van der Waals surface area contributed by atoms with Gasteiger partial charge < -0.3 is 9.64 Å². The molecule has 1 saturated heterocycles. The molecule has 0 spiro atoms. The van der Waals surface area contributed by atoms with Crippen molar-refractivity contribution >= 4 is 5.82 Å².